The van der Waals surface area contributed by atoms with Gasteiger partial charge in [-0.15, -0.1) is 0 Å². The first-order chi connectivity index (χ1) is 16.6. The normalized spacial score (nSPS) is 21.6. The molecule has 0 saturated carbocycles. The van der Waals surface area contributed by atoms with Crippen LogP contribution in [0.5, 0.6) is 0 Å². The largest absolute Gasteiger partial charge is 0.433 e. The van der Waals surface area contributed by atoms with Crippen molar-refractivity contribution in [3.05, 3.63) is 46.3 Å². The number of urea groups is 1. The average molecular weight is 510 g/mol. The number of alkyl halides is 3. The van der Waals surface area contributed by atoms with Gasteiger partial charge < -0.3 is 26.6 Å². The molecule has 3 heterocycles. The van der Waals surface area contributed by atoms with Crippen molar-refractivity contribution in [1.82, 2.24) is 20.5 Å². The first kappa shape index (κ1) is 25.1. The second-order valence-corrected chi connectivity index (χ2v) is 9.14. The lowest BCUT2D eigenvalue weighted by molar-refractivity contribution is -0.140. The number of benzene rings is 1. The third-order valence-corrected chi connectivity index (χ3v) is 6.33. The van der Waals surface area contributed by atoms with Crippen molar-refractivity contribution in [2.24, 2.45) is 10.7 Å². The number of nitrogens with two attached hydrogens (primary N) is 1. The summed E-state index contributed by atoms with van der Waals surface area (Å²) in [4.78, 5) is 22.2. The van der Waals surface area contributed by atoms with E-state index in [0.717, 1.165) is 11.6 Å². The summed E-state index contributed by atoms with van der Waals surface area (Å²) in [5, 5.41) is 10.4. The quantitative estimate of drug-likeness (QED) is 0.473. The van der Waals surface area contributed by atoms with E-state index in [-0.39, 0.29) is 23.6 Å². The second kappa shape index (κ2) is 10.3. The first-order valence-electron chi connectivity index (χ1n) is 11.2. The van der Waals surface area contributed by atoms with Crippen LogP contribution in [0.3, 0.4) is 0 Å². The molecular weight excluding hydrogens is 483 g/mol. The van der Waals surface area contributed by atoms with Crippen molar-refractivity contribution in [1.29, 1.82) is 0 Å². The van der Waals surface area contributed by atoms with E-state index in [9.17, 15) is 18.0 Å². The van der Waals surface area contributed by atoms with Gasteiger partial charge in [-0.05, 0) is 42.7 Å². The molecule has 5 N–H and O–H groups in total. The number of carbonyl (C=O) groups excluding carboxylic acids is 1. The lowest BCUT2D eigenvalue weighted by Gasteiger charge is -2.35. The number of nitrogens with zero attached hydrogens (tertiary/aromatic N) is 3. The maximum Gasteiger partial charge on any atom is 0.433 e. The smallest absolute Gasteiger partial charge is 0.400 e. The molecule has 1 aromatic heterocycles. The zero-order valence-electron chi connectivity index (χ0n) is 19.1. The van der Waals surface area contributed by atoms with Gasteiger partial charge in [0.25, 0.3) is 0 Å². The van der Waals surface area contributed by atoms with Crippen LogP contribution < -0.4 is 21.7 Å². The van der Waals surface area contributed by atoms with Gasteiger partial charge in [0.2, 0.25) is 0 Å². The molecular formula is C23H27ClF3N7O. The number of fused-ring (bicyclic) bond motifs is 1. The molecule has 2 atom stereocenters. The molecule has 1 aromatic carbocycles. The van der Waals surface area contributed by atoms with Gasteiger partial charge in [0.15, 0.2) is 0 Å². The predicted octanol–water partition coefficient (Wildman–Crippen LogP) is 3.38. The summed E-state index contributed by atoms with van der Waals surface area (Å²) in [5.74, 6) is 0. The minimum Gasteiger partial charge on any atom is -0.400 e. The van der Waals surface area contributed by atoms with Gasteiger partial charge >= 0.3 is 12.2 Å². The zero-order chi connectivity index (χ0) is 25.2. The van der Waals surface area contributed by atoms with Crippen LogP contribution in [0.25, 0.3) is 10.9 Å². The predicted molar refractivity (Wildman–Crippen MR) is 131 cm³/mol. The number of pyridine rings is 1. The van der Waals surface area contributed by atoms with E-state index in [1.807, 2.05) is 0 Å². The Labute approximate surface area is 205 Å². The number of anilines is 1. The minimum atomic E-state index is -4.58. The van der Waals surface area contributed by atoms with Gasteiger partial charge in [0.1, 0.15) is 5.69 Å². The van der Waals surface area contributed by atoms with E-state index < -0.39 is 11.9 Å². The molecule has 0 radical (unpaired) electrons. The van der Waals surface area contributed by atoms with Crippen molar-refractivity contribution in [2.75, 3.05) is 38.5 Å². The molecule has 8 nitrogen and oxygen atoms in total. The van der Waals surface area contributed by atoms with Crippen LogP contribution in [0.1, 0.15) is 18.5 Å². The number of aliphatic imine (C=N–C) groups is 1. The Morgan fingerprint density at radius 1 is 1.31 bits per heavy atom. The van der Waals surface area contributed by atoms with E-state index in [4.69, 9.17) is 17.3 Å². The standard InChI is InChI=1S/C23H27ClF3N7O/c1-29-9-13-4-5-34(12-18(13)28)22(35)32-16-7-15(10-30-11-16)31-20-8-21(23(25,26)27)33-19-3-2-14(24)6-17(19)20/h2-3,6,8-9,15-16,30H,4-5,7,10-12,28H2,1H3,(H,31,33)(H,32,35)/t15-,16+/m1/s1. The Balaban J connectivity index is 1.45. The number of halogens is 4. The van der Waals surface area contributed by atoms with Crippen molar-refractivity contribution >= 4 is 40.4 Å². The third kappa shape index (κ3) is 5.96. The first-order valence-corrected chi connectivity index (χ1v) is 11.6. The molecule has 2 aliphatic heterocycles. The number of rotatable bonds is 4. The molecule has 188 valence electrons. The SMILES string of the molecule is CN=CC1=C(N)CN(C(=O)N[C@@H]2CNC[C@H](Nc3cc(C(F)(F)F)nc4ccc(Cl)cc34)C2)CC1. The number of hydrogen-bond acceptors (Lipinski definition) is 6. The van der Waals surface area contributed by atoms with Crippen LogP contribution in [0.4, 0.5) is 23.7 Å². The van der Waals surface area contributed by atoms with Gasteiger partial charge in [-0.1, -0.05) is 11.6 Å². The van der Waals surface area contributed by atoms with Crippen LogP contribution in [-0.2, 0) is 6.18 Å². The maximum absolute atomic E-state index is 13.4. The fraction of sp³-hybridized carbons (Fsp3) is 0.435. The van der Waals surface area contributed by atoms with Crippen LogP contribution >= 0.6 is 11.6 Å². The Bertz CT molecular complexity index is 1170. The summed E-state index contributed by atoms with van der Waals surface area (Å²) in [7, 11) is 1.67. The molecule has 2 aromatic rings. The van der Waals surface area contributed by atoms with Gasteiger partial charge in [0.05, 0.1) is 12.1 Å². The Kier molecular flexibility index (Phi) is 7.36. The molecule has 0 aliphatic carbocycles. The minimum absolute atomic E-state index is 0.198. The highest BCUT2D eigenvalue weighted by atomic mass is 35.5. The molecule has 0 unspecified atom stereocenters. The topological polar surface area (TPSA) is 108 Å². The van der Waals surface area contributed by atoms with Crippen LogP contribution in [0.2, 0.25) is 5.02 Å². The number of nitrogens with one attached hydrogen (secondary N) is 3. The molecule has 1 saturated heterocycles. The lowest BCUT2D eigenvalue weighted by Crippen LogP contribution is -2.56. The zero-order valence-corrected chi connectivity index (χ0v) is 19.9. The monoisotopic (exact) mass is 509 g/mol. The van der Waals surface area contributed by atoms with E-state index in [0.29, 0.717) is 60.8 Å². The van der Waals surface area contributed by atoms with Gasteiger partial charge in [-0.25, -0.2) is 9.78 Å². The van der Waals surface area contributed by atoms with Crippen molar-refractivity contribution in [3.63, 3.8) is 0 Å². The van der Waals surface area contributed by atoms with E-state index in [1.54, 1.807) is 24.2 Å². The third-order valence-electron chi connectivity index (χ3n) is 6.10. The van der Waals surface area contributed by atoms with Crippen molar-refractivity contribution < 1.29 is 18.0 Å². The summed E-state index contributed by atoms with van der Waals surface area (Å²) in [6, 6.07) is 4.91. The summed E-state index contributed by atoms with van der Waals surface area (Å²) < 4.78 is 40.3. The molecule has 2 aliphatic rings. The number of aromatic nitrogens is 1. The summed E-state index contributed by atoms with van der Waals surface area (Å²) in [6.45, 7) is 1.92. The summed E-state index contributed by atoms with van der Waals surface area (Å²) >= 11 is 6.09. The molecule has 35 heavy (non-hydrogen) atoms. The average Bonchev–Trinajstić information content (AvgIpc) is 2.80. The number of hydrogen-bond donors (Lipinski definition) is 4. The maximum atomic E-state index is 13.4. The van der Waals surface area contributed by atoms with Gasteiger partial charge in [0, 0.05) is 66.8 Å². The fourth-order valence-corrected chi connectivity index (χ4v) is 4.56. The molecule has 4 rings (SSSR count). The number of amides is 2. The lowest BCUT2D eigenvalue weighted by atomic mass is 10.0. The van der Waals surface area contributed by atoms with Gasteiger partial charge in [-0.2, -0.15) is 13.2 Å². The fourth-order valence-electron chi connectivity index (χ4n) is 4.39. The van der Waals surface area contributed by atoms with Gasteiger partial charge in [-0.3, -0.25) is 4.99 Å². The molecule has 0 spiro atoms. The van der Waals surface area contributed by atoms with Crippen molar-refractivity contribution in [3.8, 4) is 0 Å². The van der Waals surface area contributed by atoms with E-state index in [2.05, 4.69) is 25.9 Å². The van der Waals surface area contributed by atoms with Crippen molar-refractivity contribution in [2.45, 2.75) is 31.1 Å². The highest BCUT2D eigenvalue weighted by Crippen LogP contribution is 2.34. The molecule has 12 heteroatoms. The Hall–Kier alpha value is -3.05. The second-order valence-electron chi connectivity index (χ2n) is 8.71. The number of carbonyl (C=O) groups is 1. The highest BCUT2D eigenvalue weighted by molar-refractivity contribution is 6.31. The van der Waals surface area contributed by atoms with Crippen LogP contribution in [-0.4, -0.2) is 67.4 Å². The van der Waals surface area contributed by atoms with E-state index >= 15 is 0 Å². The molecule has 1 fully saturated rings. The molecule has 0 bridgehead atoms. The van der Waals surface area contributed by atoms with Crippen LogP contribution in [0, 0.1) is 0 Å². The molecule has 2 amide bonds. The van der Waals surface area contributed by atoms with Crippen LogP contribution in [0.15, 0.2) is 40.5 Å². The summed E-state index contributed by atoms with van der Waals surface area (Å²) in [5.41, 5.74) is 7.14. The Morgan fingerprint density at radius 2 is 2.09 bits per heavy atom. The van der Waals surface area contributed by atoms with E-state index in [1.165, 1.54) is 12.1 Å². The number of piperidine rings is 1. The highest BCUT2D eigenvalue weighted by Gasteiger charge is 2.34. The summed E-state index contributed by atoms with van der Waals surface area (Å²) in [6.07, 6.45) is -1.72. The Morgan fingerprint density at radius 3 is 2.80 bits per heavy atom.